The molecule has 6 heteroatoms. The standard InChI is InChI=1S/C16H21NO2.C14H17NO.C5H8O/c1-2-4-13(5-3-1)10-17-11-14-6-7-15(12-17)16(14)18-8-9-19-16;16-14-12-6-7-13(14)10-15(9-12)8-11-4-2-1-3-5-11;6-5-3-1-2-4-5/h1-5,14-15H,6-12H2;1-5,12-13H,6-10H2;1-4H2. The third-order valence-electron chi connectivity index (χ3n) is 9.98. The van der Waals surface area contributed by atoms with Gasteiger partial charge in [0, 0.05) is 75.8 Å². The van der Waals surface area contributed by atoms with Gasteiger partial charge in [0.2, 0.25) is 0 Å². The molecule has 3 saturated carbocycles. The molecule has 3 saturated heterocycles. The van der Waals surface area contributed by atoms with E-state index in [2.05, 4.69) is 64.4 Å². The molecule has 0 radical (unpaired) electrons. The average Bonchev–Trinajstić information content (AvgIpc) is 3.75. The molecule has 8 rings (SSSR count). The van der Waals surface area contributed by atoms with E-state index < -0.39 is 0 Å². The minimum Gasteiger partial charge on any atom is -0.347 e. The number of Topliss-reactive ketones (excluding diaryl/α,β-unsaturated/α-hetero) is 2. The number of carbonyl (C=O) groups is 2. The number of fused-ring (bicyclic) bond motifs is 2. The first-order chi connectivity index (χ1) is 20.1. The molecule has 2 aromatic rings. The number of benzene rings is 2. The monoisotopic (exact) mass is 558 g/mol. The molecule has 6 fully saturated rings. The maximum atomic E-state index is 11.8. The molecule has 6 nitrogen and oxygen atoms in total. The Morgan fingerprint density at radius 3 is 1.54 bits per heavy atom. The predicted molar refractivity (Wildman–Crippen MR) is 159 cm³/mol. The second-order valence-corrected chi connectivity index (χ2v) is 12.9. The molecule has 4 atom stereocenters. The summed E-state index contributed by atoms with van der Waals surface area (Å²) in [5.41, 5.74) is 2.77. The first-order valence-corrected chi connectivity index (χ1v) is 15.9. The Kier molecular flexibility index (Phi) is 9.31. The lowest BCUT2D eigenvalue weighted by Gasteiger charge is -2.43. The number of piperidine rings is 2. The van der Waals surface area contributed by atoms with Gasteiger partial charge in [-0.3, -0.25) is 19.4 Å². The highest BCUT2D eigenvalue weighted by Crippen LogP contribution is 2.50. The van der Waals surface area contributed by atoms with E-state index in [0.717, 1.165) is 91.0 Å². The highest BCUT2D eigenvalue weighted by Gasteiger charge is 2.57. The molecular formula is C35H46N2O4. The van der Waals surface area contributed by atoms with Crippen LogP contribution >= 0.6 is 0 Å². The van der Waals surface area contributed by atoms with Crippen molar-refractivity contribution in [2.45, 2.75) is 70.2 Å². The normalized spacial score (nSPS) is 30.1. The van der Waals surface area contributed by atoms with Crippen molar-refractivity contribution in [1.82, 2.24) is 9.80 Å². The lowest BCUT2D eigenvalue weighted by Crippen LogP contribution is -2.54. The second kappa shape index (κ2) is 13.3. The van der Waals surface area contributed by atoms with Crippen LogP contribution in [-0.2, 0) is 32.2 Å². The molecule has 0 N–H and O–H groups in total. The quantitative estimate of drug-likeness (QED) is 0.494. The van der Waals surface area contributed by atoms with Crippen LogP contribution in [0, 0.1) is 23.7 Å². The summed E-state index contributed by atoms with van der Waals surface area (Å²) in [4.78, 5) is 27.0. The molecule has 2 aromatic carbocycles. The van der Waals surface area contributed by atoms with Gasteiger partial charge in [0.1, 0.15) is 11.6 Å². The van der Waals surface area contributed by atoms with Crippen molar-refractivity contribution in [2.24, 2.45) is 23.7 Å². The summed E-state index contributed by atoms with van der Waals surface area (Å²) < 4.78 is 12.0. The molecule has 3 heterocycles. The Morgan fingerprint density at radius 1 is 0.634 bits per heavy atom. The smallest absolute Gasteiger partial charge is 0.176 e. The van der Waals surface area contributed by atoms with E-state index in [0.29, 0.717) is 35.2 Å². The van der Waals surface area contributed by atoms with Crippen LogP contribution in [0.4, 0.5) is 0 Å². The number of ether oxygens (including phenoxy) is 2. The van der Waals surface area contributed by atoms with E-state index in [1.165, 1.54) is 24.0 Å². The van der Waals surface area contributed by atoms with Gasteiger partial charge in [0.15, 0.2) is 5.79 Å². The Labute approximate surface area is 245 Å². The third kappa shape index (κ3) is 6.83. The van der Waals surface area contributed by atoms with Gasteiger partial charge in [-0.25, -0.2) is 0 Å². The van der Waals surface area contributed by atoms with Crippen LogP contribution in [0.5, 0.6) is 0 Å². The van der Waals surface area contributed by atoms with Crippen molar-refractivity contribution in [3.63, 3.8) is 0 Å². The van der Waals surface area contributed by atoms with Crippen LogP contribution in [0.1, 0.15) is 62.5 Å². The summed E-state index contributed by atoms with van der Waals surface area (Å²) in [6.45, 7) is 7.81. The van der Waals surface area contributed by atoms with Gasteiger partial charge in [-0.2, -0.15) is 0 Å². The largest absolute Gasteiger partial charge is 0.347 e. The molecule has 6 aliphatic rings. The van der Waals surface area contributed by atoms with Crippen LogP contribution in [-0.4, -0.2) is 66.5 Å². The van der Waals surface area contributed by atoms with Crippen LogP contribution in [0.2, 0.25) is 0 Å². The molecule has 41 heavy (non-hydrogen) atoms. The zero-order chi connectivity index (χ0) is 28.1. The van der Waals surface area contributed by atoms with Gasteiger partial charge in [0.25, 0.3) is 0 Å². The minimum atomic E-state index is -0.215. The maximum absolute atomic E-state index is 11.8. The van der Waals surface area contributed by atoms with Gasteiger partial charge in [-0.05, 0) is 49.7 Å². The minimum absolute atomic E-state index is 0.215. The van der Waals surface area contributed by atoms with E-state index in [4.69, 9.17) is 9.47 Å². The highest BCUT2D eigenvalue weighted by molar-refractivity contribution is 5.86. The van der Waals surface area contributed by atoms with Gasteiger partial charge in [-0.15, -0.1) is 0 Å². The topological polar surface area (TPSA) is 59.1 Å². The zero-order valence-electron chi connectivity index (χ0n) is 24.4. The fourth-order valence-electron chi connectivity index (χ4n) is 7.98. The highest BCUT2D eigenvalue weighted by atomic mass is 16.7. The summed E-state index contributed by atoms with van der Waals surface area (Å²) in [7, 11) is 0. The summed E-state index contributed by atoms with van der Waals surface area (Å²) in [5.74, 6) is 2.58. The van der Waals surface area contributed by atoms with Crippen LogP contribution < -0.4 is 0 Å². The molecule has 0 aromatic heterocycles. The van der Waals surface area contributed by atoms with E-state index in [1.807, 2.05) is 6.07 Å². The lowest BCUT2D eigenvalue weighted by atomic mass is 9.90. The van der Waals surface area contributed by atoms with Gasteiger partial charge in [-0.1, -0.05) is 60.7 Å². The number of hydrogen-bond donors (Lipinski definition) is 0. The number of carbonyl (C=O) groups excluding carboxylic acids is 2. The van der Waals surface area contributed by atoms with Gasteiger partial charge in [0.05, 0.1) is 13.2 Å². The van der Waals surface area contributed by atoms with Crippen molar-refractivity contribution in [3.05, 3.63) is 71.8 Å². The summed E-state index contributed by atoms with van der Waals surface area (Å²) in [6, 6.07) is 21.3. The maximum Gasteiger partial charge on any atom is 0.176 e. The average molecular weight is 559 g/mol. The SMILES string of the molecule is O=C1C2CCC1CN(Cc1ccccc1)C2.O=C1CCCC1.c1ccc(CN2CC3CCC(C2)C32OCCO2)cc1. The van der Waals surface area contributed by atoms with Crippen molar-refractivity contribution in [2.75, 3.05) is 39.4 Å². The molecule has 220 valence electrons. The van der Waals surface area contributed by atoms with Crippen LogP contribution in [0.3, 0.4) is 0 Å². The first kappa shape index (κ1) is 28.7. The molecule has 0 amide bonds. The molecule has 3 aliphatic carbocycles. The van der Waals surface area contributed by atoms with E-state index >= 15 is 0 Å². The third-order valence-corrected chi connectivity index (χ3v) is 9.98. The zero-order valence-corrected chi connectivity index (χ0v) is 24.4. The summed E-state index contributed by atoms with van der Waals surface area (Å²) in [6.07, 6.45) is 8.73. The molecule has 4 bridgehead atoms. The molecule has 3 aliphatic heterocycles. The van der Waals surface area contributed by atoms with Crippen molar-refractivity contribution in [3.8, 4) is 0 Å². The summed E-state index contributed by atoms with van der Waals surface area (Å²) in [5, 5.41) is 0. The lowest BCUT2D eigenvalue weighted by molar-refractivity contribution is -0.231. The Balaban J connectivity index is 0.000000124. The van der Waals surface area contributed by atoms with E-state index in [1.54, 1.807) is 0 Å². The van der Waals surface area contributed by atoms with E-state index in [-0.39, 0.29) is 5.79 Å². The first-order valence-electron chi connectivity index (χ1n) is 15.9. The van der Waals surface area contributed by atoms with Gasteiger partial charge >= 0.3 is 0 Å². The van der Waals surface area contributed by atoms with Crippen molar-refractivity contribution >= 4 is 11.6 Å². The Morgan fingerprint density at radius 2 is 1.10 bits per heavy atom. The molecular weight excluding hydrogens is 512 g/mol. The van der Waals surface area contributed by atoms with Crippen molar-refractivity contribution < 1.29 is 19.1 Å². The molecule has 1 spiro atoms. The number of likely N-dealkylation sites (tertiary alicyclic amines) is 2. The second-order valence-electron chi connectivity index (χ2n) is 12.9. The number of ketones is 2. The summed E-state index contributed by atoms with van der Waals surface area (Å²) >= 11 is 0. The van der Waals surface area contributed by atoms with Crippen LogP contribution in [0.25, 0.3) is 0 Å². The van der Waals surface area contributed by atoms with Crippen molar-refractivity contribution in [1.29, 1.82) is 0 Å². The Hall–Kier alpha value is -2.38. The molecule has 4 unspecified atom stereocenters. The van der Waals surface area contributed by atoms with E-state index in [9.17, 15) is 9.59 Å². The van der Waals surface area contributed by atoms with Gasteiger partial charge < -0.3 is 9.47 Å². The number of hydrogen-bond acceptors (Lipinski definition) is 6. The number of rotatable bonds is 4. The Bertz CT molecular complexity index is 1110. The predicted octanol–water partition coefficient (Wildman–Crippen LogP) is 5.50. The number of nitrogens with zero attached hydrogens (tertiary/aromatic N) is 2. The fraction of sp³-hybridized carbons (Fsp3) is 0.600. The van der Waals surface area contributed by atoms with Crippen LogP contribution in [0.15, 0.2) is 60.7 Å². The fourth-order valence-corrected chi connectivity index (χ4v) is 7.98.